The summed E-state index contributed by atoms with van der Waals surface area (Å²) < 4.78 is 57.8. The minimum Gasteiger partial charge on any atom is -0.463 e. The van der Waals surface area contributed by atoms with E-state index in [0.29, 0.717) is 30.0 Å². The van der Waals surface area contributed by atoms with Crippen LogP contribution in [0, 0.1) is 13.8 Å². The lowest BCUT2D eigenvalue weighted by Crippen LogP contribution is -2.22. The highest BCUT2D eigenvalue weighted by Crippen LogP contribution is 2.32. The maximum atomic E-state index is 12.8. The molecule has 1 atom stereocenters. The molecule has 0 aliphatic rings. The van der Waals surface area contributed by atoms with E-state index >= 15 is 0 Å². The van der Waals surface area contributed by atoms with Crippen molar-refractivity contribution in [1.29, 1.82) is 0 Å². The summed E-state index contributed by atoms with van der Waals surface area (Å²) in [6, 6.07) is 6.22. The second-order valence-corrected chi connectivity index (χ2v) is 6.10. The molecule has 0 aliphatic heterocycles. The molecule has 28 heavy (non-hydrogen) atoms. The maximum Gasteiger partial charge on any atom is 0.319 e. The molecular formula is C19H23BrF4O4. The number of allylic oxidation sites excluding steroid dienone is 1. The fourth-order valence-electron chi connectivity index (χ4n) is 1.42. The van der Waals surface area contributed by atoms with Gasteiger partial charge in [-0.1, -0.05) is 20.6 Å². The number of carbonyl (C=O) groups is 1. The topological polar surface area (TPSA) is 63.6 Å². The molecule has 0 fully saturated rings. The highest BCUT2D eigenvalue weighted by atomic mass is 79.9. The Hall–Kier alpha value is -2.13. The number of furan rings is 2. The third-order valence-corrected chi connectivity index (χ3v) is 3.10. The average molecular weight is 471 g/mol. The van der Waals surface area contributed by atoms with E-state index in [1.807, 2.05) is 15.9 Å². The quantitative estimate of drug-likeness (QED) is 0.230. The van der Waals surface area contributed by atoms with Crippen molar-refractivity contribution in [3.8, 4) is 0 Å². The maximum absolute atomic E-state index is 12.8. The Bertz CT molecular complexity index is 732. The van der Waals surface area contributed by atoms with Gasteiger partial charge in [0.25, 0.3) is 5.92 Å². The molecule has 2 aromatic rings. The molecule has 1 N–H and O–H groups in total. The van der Waals surface area contributed by atoms with Gasteiger partial charge in [-0.25, -0.2) is 0 Å². The predicted molar refractivity (Wildman–Crippen MR) is 103 cm³/mol. The highest BCUT2D eigenvalue weighted by molar-refractivity contribution is 9.10. The molecule has 0 aliphatic carbocycles. The molecule has 0 bridgehead atoms. The number of halogens is 5. The molecule has 0 saturated heterocycles. The highest BCUT2D eigenvalue weighted by Gasteiger charge is 2.38. The van der Waals surface area contributed by atoms with E-state index in [-0.39, 0.29) is 13.2 Å². The fourth-order valence-corrected chi connectivity index (χ4v) is 1.42. The number of aldehydes is 1. The third-order valence-electron chi connectivity index (χ3n) is 2.78. The van der Waals surface area contributed by atoms with Gasteiger partial charge in [-0.15, -0.1) is 0 Å². The normalized spacial score (nSPS) is 11.6. The zero-order chi connectivity index (χ0) is 21.3. The summed E-state index contributed by atoms with van der Waals surface area (Å²) in [5, 5.41) is 9.15. The predicted octanol–water partition coefficient (Wildman–Crippen LogP) is 6.64. The van der Waals surface area contributed by atoms with Gasteiger partial charge in [0.15, 0.2) is 18.2 Å². The summed E-state index contributed by atoms with van der Waals surface area (Å²) in [7, 11) is 0. The zero-order valence-electron chi connectivity index (χ0n) is 14.6. The van der Waals surface area contributed by atoms with Gasteiger partial charge in [0, 0.05) is 0 Å². The molecule has 0 saturated carbocycles. The van der Waals surface area contributed by atoms with Crippen LogP contribution in [0.1, 0.15) is 41.4 Å². The van der Waals surface area contributed by atoms with Crippen LogP contribution in [0.5, 0.6) is 0 Å². The van der Waals surface area contributed by atoms with E-state index in [2.05, 4.69) is 13.2 Å². The molecule has 0 spiro atoms. The van der Waals surface area contributed by atoms with Gasteiger partial charge in [0.1, 0.15) is 17.3 Å². The molecule has 2 aromatic heterocycles. The van der Waals surface area contributed by atoms with Crippen LogP contribution in [-0.4, -0.2) is 22.1 Å². The Morgan fingerprint density at radius 3 is 1.75 bits per heavy atom. The Labute approximate surface area is 169 Å². The van der Waals surface area contributed by atoms with Crippen LogP contribution >= 0.6 is 15.9 Å². The number of aryl methyl sites for hydroxylation is 2. The molecule has 0 radical (unpaired) electrons. The summed E-state index contributed by atoms with van der Waals surface area (Å²) in [6.45, 7) is 9.18. The molecule has 0 amide bonds. The van der Waals surface area contributed by atoms with Crippen molar-refractivity contribution in [2.24, 2.45) is 0 Å². The van der Waals surface area contributed by atoms with Crippen LogP contribution in [0.15, 0.2) is 58.4 Å². The van der Waals surface area contributed by atoms with E-state index in [0.717, 1.165) is 5.76 Å². The summed E-state index contributed by atoms with van der Waals surface area (Å²) in [4.78, 5) is 7.04. The number of aliphatic hydroxyl groups excluding tert-OH is 1. The first-order chi connectivity index (χ1) is 12.4. The van der Waals surface area contributed by atoms with Gasteiger partial charge in [-0.05, 0) is 66.2 Å². The van der Waals surface area contributed by atoms with Crippen molar-refractivity contribution in [2.45, 2.75) is 38.1 Å². The lowest BCUT2D eigenvalue weighted by molar-refractivity contribution is -0.0805. The number of rotatable bonds is 5. The van der Waals surface area contributed by atoms with E-state index in [1.54, 1.807) is 26.0 Å². The number of hydrogen-bond donors (Lipinski definition) is 1. The fraction of sp³-hybridized carbons (Fsp3) is 0.316. The molecule has 1 unspecified atom stereocenters. The van der Waals surface area contributed by atoms with Crippen molar-refractivity contribution in [2.75, 3.05) is 0 Å². The number of alkyl halides is 5. The van der Waals surface area contributed by atoms with E-state index in [9.17, 15) is 22.4 Å². The van der Waals surface area contributed by atoms with E-state index in [1.165, 1.54) is 12.1 Å². The number of carbonyl (C=O) groups excluding carboxylic acids is 1. The second-order valence-electron chi connectivity index (χ2n) is 5.04. The Balaban J connectivity index is 0. The lowest BCUT2D eigenvalue weighted by Gasteiger charge is -2.16. The van der Waals surface area contributed by atoms with Gasteiger partial charge < -0.3 is 13.9 Å². The van der Waals surface area contributed by atoms with Crippen molar-refractivity contribution in [1.82, 2.24) is 0 Å². The van der Waals surface area contributed by atoms with Crippen molar-refractivity contribution < 1.29 is 36.3 Å². The second kappa shape index (κ2) is 12.4. The Kier molecular flexibility index (Phi) is 12.4. The summed E-state index contributed by atoms with van der Waals surface area (Å²) in [5.74, 6) is -1.87. The number of aliphatic hydroxyl groups is 1. The van der Waals surface area contributed by atoms with Crippen LogP contribution in [0.2, 0.25) is 0 Å². The van der Waals surface area contributed by atoms with Gasteiger partial charge in [-0.2, -0.15) is 17.6 Å². The van der Waals surface area contributed by atoms with Crippen molar-refractivity contribution >= 4 is 22.2 Å². The Morgan fingerprint density at radius 1 is 1.04 bits per heavy atom. The largest absolute Gasteiger partial charge is 0.463 e. The summed E-state index contributed by atoms with van der Waals surface area (Å²) in [5.41, 5.74) is 0. The molecular weight excluding hydrogens is 448 g/mol. The molecule has 9 heteroatoms. The SMILES string of the molecule is C.C=CC(F)(F)Br.C=CC(F)(F)C(O)c1ccc(C)o1.Cc1ccc(C=O)o1. The van der Waals surface area contributed by atoms with Crippen molar-refractivity contribution in [3.63, 3.8) is 0 Å². The van der Waals surface area contributed by atoms with Gasteiger partial charge in [-0.3, -0.25) is 4.79 Å². The molecule has 2 rings (SSSR count). The van der Waals surface area contributed by atoms with E-state index < -0.39 is 16.9 Å². The van der Waals surface area contributed by atoms with Gasteiger partial charge in [0.2, 0.25) is 0 Å². The molecule has 0 aromatic carbocycles. The lowest BCUT2D eigenvalue weighted by atomic mass is 10.1. The monoisotopic (exact) mass is 470 g/mol. The minimum absolute atomic E-state index is 0. The summed E-state index contributed by atoms with van der Waals surface area (Å²) in [6.07, 6.45) is -0.353. The van der Waals surface area contributed by atoms with Crippen LogP contribution in [0.4, 0.5) is 17.6 Å². The van der Waals surface area contributed by atoms with Crippen molar-refractivity contribution in [3.05, 3.63) is 72.6 Å². The zero-order valence-corrected chi connectivity index (χ0v) is 16.2. The number of hydrogen-bond acceptors (Lipinski definition) is 4. The van der Waals surface area contributed by atoms with Crippen LogP contribution in [0.3, 0.4) is 0 Å². The van der Waals surface area contributed by atoms with Gasteiger partial charge in [0.05, 0.1) is 0 Å². The standard InChI is InChI=1S/C9H10F2O2.C6H6O2.C3H3BrF2.CH4/c1-3-9(10,11)8(12)7-5-4-6(2)13-7;1-5-2-3-6(4-7)8-5;1-2-3(4,5)6;/h3-5,8,12H,1H2,2H3;2-4H,1H3;2H,1H2;1H4. The molecule has 4 nitrogen and oxygen atoms in total. The first-order valence-corrected chi connectivity index (χ1v) is 8.13. The van der Waals surface area contributed by atoms with E-state index in [4.69, 9.17) is 13.9 Å². The van der Waals surface area contributed by atoms with Gasteiger partial charge >= 0.3 is 4.83 Å². The van der Waals surface area contributed by atoms with Crippen LogP contribution in [-0.2, 0) is 0 Å². The smallest absolute Gasteiger partial charge is 0.319 e. The molecule has 2 heterocycles. The average Bonchev–Trinajstić information content (AvgIpc) is 3.22. The Morgan fingerprint density at radius 2 is 1.50 bits per heavy atom. The van der Waals surface area contributed by atoms with Crippen LogP contribution < -0.4 is 0 Å². The molecule has 158 valence electrons. The third kappa shape index (κ3) is 10.9. The summed E-state index contributed by atoms with van der Waals surface area (Å²) >= 11 is 2.03. The minimum atomic E-state index is -3.36. The first kappa shape index (κ1) is 28.1. The first-order valence-electron chi connectivity index (χ1n) is 7.34. The van der Waals surface area contributed by atoms with Crippen LogP contribution in [0.25, 0.3) is 0 Å².